The molecule has 0 unspecified atom stereocenters. The van der Waals surface area contributed by atoms with E-state index >= 15 is 0 Å². The van der Waals surface area contributed by atoms with Crippen molar-refractivity contribution in [1.82, 2.24) is 15.2 Å². The molecule has 28 heavy (non-hydrogen) atoms. The molecule has 2 heterocycles. The summed E-state index contributed by atoms with van der Waals surface area (Å²) in [5.74, 6) is 1.27. The number of anilines is 1. The Labute approximate surface area is 161 Å². The van der Waals surface area contributed by atoms with Crippen molar-refractivity contribution in [3.8, 4) is 17.2 Å². The predicted molar refractivity (Wildman–Crippen MR) is 105 cm³/mol. The largest absolute Gasteiger partial charge is 0.496 e. The fourth-order valence-corrected chi connectivity index (χ4v) is 2.92. The van der Waals surface area contributed by atoms with E-state index in [1.807, 2.05) is 54.6 Å². The lowest BCUT2D eigenvalue weighted by atomic mass is 10.2. The number of nitrogens with zero attached hydrogens (tertiary/aromatic N) is 3. The van der Waals surface area contributed by atoms with Gasteiger partial charge in [0.25, 0.3) is 5.89 Å². The Morgan fingerprint density at radius 1 is 1.07 bits per heavy atom. The number of para-hydroxylation sites is 2. The van der Waals surface area contributed by atoms with Crippen LogP contribution in [0.1, 0.15) is 12.3 Å². The lowest BCUT2D eigenvalue weighted by molar-refractivity contribution is -0.116. The topological polar surface area (TPSA) is 90.1 Å². The van der Waals surface area contributed by atoms with E-state index in [-0.39, 0.29) is 12.3 Å². The molecule has 2 aromatic carbocycles. The van der Waals surface area contributed by atoms with Gasteiger partial charge >= 0.3 is 0 Å². The van der Waals surface area contributed by atoms with Crippen molar-refractivity contribution in [2.24, 2.45) is 0 Å². The molecule has 0 spiro atoms. The van der Waals surface area contributed by atoms with Gasteiger partial charge in [-0.1, -0.05) is 30.3 Å². The van der Waals surface area contributed by atoms with Crippen LogP contribution in [0.3, 0.4) is 0 Å². The van der Waals surface area contributed by atoms with E-state index < -0.39 is 0 Å². The summed E-state index contributed by atoms with van der Waals surface area (Å²) in [5, 5.41) is 12.0. The van der Waals surface area contributed by atoms with Gasteiger partial charge in [0, 0.05) is 24.4 Å². The summed E-state index contributed by atoms with van der Waals surface area (Å²) in [6.07, 6.45) is 2.26. The van der Waals surface area contributed by atoms with Gasteiger partial charge in [-0.05, 0) is 24.3 Å². The second kappa shape index (κ2) is 7.87. The molecular weight excluding hydrogens is 356 g/mol. The molecule has 0 aliphatic heterocycles. The minimum atomic E-state index is -0.143. The maximum absolute atomic E-state index is 12.4. The van der Waals surface area contributed by atoms with Crippen molar-refractivity contribution in [3.63, 3.8) is 0 Å². The van der Waals surface area contributed by atoms with Crippen LogP contribution in [0.25, 0.3) is 22.4 Å². The quantitative estimate of drug-likeness (QED) is 0.551. The molecule has 0 saturated carbocycles. The molecule has 0 atom stereocenters. The first kappa shape index (κ1) is 17.7. The molecule has 7 nitrogen and oxygen atoms in total. The first-order valence-electron chi connectivity index (χ1n) is 8.84. The molecule has 4 rings (SSSR count). The van der Waals surface area contributed by atoms with Gasteiger partial charge in [-0.2, -0.15) is 0 Å². The van der Waals surface area contributed by atoms with E-state index in [2.05, 4.69) is 20.5 Å². The van der Waals surface area contributed by atoms with Crippen molar-refractivity contribution < 1.29 is 13.9 Å². The van der Waals surface area contributed by atoms with Gasteiger partial charge in [0.05, 0.1) is 23.9 Å². The van der Waals surface area contributed by atoms with Crippen molar-refractivity contribution in [2.45, 2.75) is 12.8 Å². The monoisotopic (exact) mass is 374 g/mol. The zero-order valence-electron chi connectivity index (χ0n) is 15.3. The van der Waals surface area contributed by atoms with Gasteiger partial charge in [0.2, 0.25) is 11.8 Å². The molecular formula is C21H18N4O3. The number of amides is 1. The van der Waals surface area contributed by atoms with Crippen LogP contribution in [0.15, 0.2) is 65.2 Å². The first-order valence-corrected chi connectivity index (χ1v) is 8.84. The molecule has 0 bridgehead atoms. The average molecular weight is 374 g/mol. The Kier molecular flexibility index (Phi) is 4.97. The Balaban J connectivity index is 1.42. The Bertz CT molecular complexity index is 1120. The van der Waals surface area contributed by atoms with Crippen molar-refractivity contribution in [3.05, 3.63) is 66.7 Å². The van der Waals surface area contributed by atoms with E-state index in [1.165, 1.54) is 0 Å². The van der Waals surface area contributed by atoms with Crippen LogP contribution in [0.5, 0.6) is 5.75 Å². The average Bonchev–Trinajstić information content (AvgIpc) is 3.21. The number of carbonyl (C=O) groups excluding carboxylic acids is 1. The summed E-state index contributed by atoms with van der Waals surface area (Å²) in [6, 6.07) is 16.9. The molecule has 2 aromatic heterocycles. The number of rotatable bonds is 6. The highest BCUT2D eigenvalue weighted by Gasteiger charge is 2.14. The van der Waals surface area contributed by atoms with Crippen molar-refractivity contribution in [2.75, 3.05) is 12.4 Å². The summed E-state index contributed by atoms with van der Waals surface area (Å²) in [6.45, 7) is 0. The highest BCUT2D eigenvalue weighted by atomic mass is 16.5. The Hall–Kier alpha value is -3.74. The summed E-state index contributed by atoms with van der Waals surface area (Å²) in [4.78, 5) is 16.7. The number of ether oxygens (including phenoxy) is 1. The SMILES string of the molecule is COc1ccccc1-c1nnc(CCC(=O)Nc2cccc3cccnc23)o1. The van der Waals surface area contributed by atoms with Crippen molar-refractivity contribution >= 4 is 22.5 Å². The molecule has 0 saturated heterocycles. The lowest BCUT2D eigenvalue weighted by Crippen LogP contribution is -2.13. The van der Waals surface area contributed by atoms with Gasteiger partial charge in [0.15, 0.2) is 0 Å². The van der Waals surface area contributed by atoms with E-state index in [0.29, 0.717) is 29.6 Å². The third-order valence-electron chi connectivity index (χ3n) is 4.28. The number of pyridine rings is 1. The highest BCUT2D eigenvalue weighted by molar-refractivity contribution is 6.00. The maximum atomic E-state index is 12.4. The van der Waals surface area contributed by atoms with Crippen LogP contribution in [-0.4, -0.2) is 28.2 Å². The van der Waals surface area contributed by atoms with E-state index in [0.717, 1.165) is 16.5 Å². The Morgan fingerprint density at radius 2 is 1.93 bits per heavy atom. The van der Waals surface area contributed by atoms with Gasteiger partial charge in [-0.25, -0.2) is 0 Å². The molecule has 140 valence electrons. The minimum absolute atomic E-state index is 0.143. The standard InChI is InChI=1S/C21H18N4O3/c1-27-17-10-3-2-8-15(17)21-25-24-19(28-21)12-11-18(26)23-16-9-4-6-14-7-5-13-22-20(14)16/h2-10,13H,11-12H2,1H3,(H,23,26). The normalized spacial score (nSPS) is 10.8. The fraction of sp³-hybridized carbons (Fsp3) is 0.143. The third kappa shape index (κ3) is 3.68. The lowest BCUT2D eigenvalue weighted by Gasteiger charge is -2.07. The number of nitrogens with one attached hydrogen (secondary N) is 1. The number of hydrogen-bond donors (Lipinski definition) is 1. The number of benzene rings is 2. The van der Waals surface area contributed by atoms with Crippen LogP contribution in [0.4, 0.5) is 5.69 Å². The molecule has 4 aromatic rings. The third-order valence-corrected chi connectivity index (χ3v) is 4.28. The molecule has 0 aliphatic rings. The number of carbonyl (C=O) groups is 1. The molecule has 1 N–H and O–H groups in total. The molecule has 7 heteroatoms. The first-order chi connectivity index (χ1) is 13.7. The molecule has 0 fully saturated rings. The van der Waals surface area contributed by atoms with Crippen molar-refractivity contribution in [1.29, 1.82) is 0 Å². The number of aryl methyl sites for hydroxylation is 1. The fourth-order valence-electron chi connectivity index (χ4n) is 2.92. The van der Waals surface area contributed by atoms with Gasteiger partial charge < -0.3 is 14.5 Å². The summed E-state index contributed by atoms with van der Waals surface area (Å²) in [5.41, 5.74) is 2.16. The summed E-state index contributed by atoms with van der Waals surface area (Å²) < 4.78 is 11.0. The predicted octanol–water partition coefficient (Wildman–Crippen LogP) is 3.86. The zero-order valence-corrected chi connectivity index (χ0v) is 15.3. The smallest absolute Gasteiger partial charge is 0.251 e. The van der Waals surface area contributed by atoms with Gasteiger partial charge in [-0.3, -0.25) is 9.78 Å². The number of methoxy groups -OCH3 is 1. The number of hydrogen-bond acceptors (Lipinski definition) is 6. The van der Waals surface area contributed by atoms with Crippen LogP contribution in [0, 0.1) is 0 Å². The molecule has 1 amide bonds. The summed E-state index contributed by atoms with van der Waals surface area (Å²) in [7, 11) is 1.59. The van der Waals surface area contributed by atoms with E-state index in [9.17, 15) is 4.79 Å². The van der Waals surface area contributed by atoms with E-state index in [4.69, 9.17) is 9.15 Å². The highest BCUT2D eigenvalue weighted by Crippen LogP contribution is 2.28. The molecule has 0 aliphatic carbocycles. The van der Waals surface area contributed by atoms with E-state index in [1.54, 1.807) is 13.3 Å². The van der Waals surface area contributed by atoms with Crippen LogP contribution in [0.2, 0.25) is 0 Å². The minimum Gasteiger partial charge on any atom is -0.496 e. The molecule has 0 radical (unpaired) electrons. The second-order valence-electron chi connectivity index (χ2n) is 6.13. The maximum Gasteiger partial charge on any atom is 0.251 e. The van der Waals surface area contributed by atoms with Crippen LogP contribution in [-0.2, 0) is 11.2 Å². The Morgan fingerprint density at radius 3 is 2.82 bits per heavy atom. The number of aromatic nitrogens is 3. The summed E-state index contributed by atoms with van der Waals surface area (Å²) >= 11 is 0. The zero-order chi connectivity index (χ0) is 19.3. The van der Waals surface area contributed by atoms with Crippen LogP contribution < -0.4 is 10.1 Å². The van der Waals surface area contributed by atoms with Gasteiger partial charge in [0.1, 0.15) is 5.75 Å². The number of fused-ring (bicyclic) bond motifs is 1. The van der Waals surface area contributed by atoms with Crippen LogP contribution >= 0.6 is 0 Å². The second-order valence-corrected chi connectivity index (χ2v) is 6.13. The van der Waals surface area contributed by atoms with Gasteiger partial charge in [-0.15, -0.1) is 10.2 Å².